The number of halogens is 1. The number of hydrogen-bond donors (Lipinski definition) is 3. The first-order valence-electron chi connectivity index (χ1n) is 4.94. The lowest BCUT2D eigenvalue weighted by Crippen LogP contribution is -2.14. The summed E-state index contributed by atoms with van der Waals surface area (Å²) in [5.74, 6) is -0.301. The molecule has 0 aliphatic carbocycles. The highest BCUT2D eigenvalue weighted by atomic mass is 79.9. The lowest BCUT2D eigenvalue weighted by Gasteiger charge is -2.07. The Hall–Kier alpha value is -1.82. The molecule has 0 unspecified atom stereocenters. The summed E-state index contributed by atoms with van der Waals surface area (Å²) in [5, 5.41) is 9.03. The molecule has 1 amide bonds. The SMILES string of the molecule is Cc1cc(Br)ccc1NC(=O)c1[nH]ncc1N. The predicted octanol–water partition coefficient (Wildman–Crippen LogP) is 2.32. The van der Waals surface area contributed by atoms with Gasteiger partial charge in [0.15, 0.2) is 0 Å². The highest BCUT2D eigenvalue weighted by molar-refractivity contribution is 9.10. The van der Waals surface area contributed by atoms with Crippen molar-refractivity contribution in [3.63, 3.8) is 0 Å². The molecule has 0 aliphatic heterocycles. The third-order valence-corrected chi connectivity index (χ3v) is 2.83. The molecule has 0 saturated carbocycles. The minimum absolute atomic E-state index is 0.271. The molecule has 1 aromatic carbocycles. The second-order valence-electron chi connectivity index (χ2n) is 3.61. The average molecular weight is 295 g/mol. The maximum Gasteiger partial charge on any atom is 0.275 e. The number of anilines is 2. The van der Waals surface area contributed by atoms with Gasteiger partial charge in [0, 0.05) is 10.2 Å². The van der Waals surface area contributed by atoms with Gasteiger partial charge >= 0.3 is 0 Å². The molecular weight excluding hydrogens is 284 g/mol. The summed E-state index contributed by atoms with van der Waals surface area (Å²) in [5.41, 5.74) is 7.90. The van der Waals surface area contributed by atoms with Crippen molar-refractivity contribution in [3.8, 4) is 0 Å². The lowest BCUT2D eigenvalue weighted by atomic mass is 10.2. The minimum Gasteiger partial charge on any atom is -0.396 e. The number of H-pyrrole nitrogens is 1. The van der Waals surface area contributed by atoms with Crippen molar-refractivity contribution >= 4 is 33.2 Å². The number of nitrogens with two attached hydrogens (primary N) is 1. The summed E-state index contributed by atoms with van der Waals surface area (Å²) in [7, 11) is 0. The number of nitrogen functional groups attached to an aromatic ring is 1. The Kier molecular flexibility index (Phi) is 3.14. The first-order valence-corrected chi connectivity index (χ1v) is 5.73. The molecule has 1 heterocycles. The van der Waals surface area contributed by atoms with Crippen molar-refractivity contribution in [2.75, 3.05) is 11.1 Å². The third-order valence-electron chi connectivity index (χ3n) is 2.33. The van der Waals surface area contributed by atoms with Gasteiger partial charge in [-0.15, -0.1) is 0 Å². The fourth-order valence-electron chi connectivity index (χ4n) is 1.43. The fourth-order valence-corrected chi connectivity index (χ4v) is 1.91. The summed E-state index contributed by atoms with van der Waals surface area (Å²) >= 11 is 3.36. The van der Waals surface area contributed by atoms with Crippen LogP contribution in [0, 0.1) is 6.92 Å². The smallest absolute Gasteiger partial charge is 0.275 e. The third kappa shape index (κ3) is 2.47. The zero-order valence-corrected chi connectivity index (χ0v) is 10.7. The number of carbonyl (C=O) groups excluding carboxylic acids is 1. The first-order chi connectivity index (χ1) is 8.08. The Morgan fingerprint density at radius 3 is 2.88 bits per heavy atom. The van der Waals surface area contributed by atoms with E-state index in [0.29, 0.717) is 5.69 Å². The molecule has 4 N–H and O–H groups in total. The van der Waals surface area contributed by atoms with Gasteiger partial charge in [0.2, 0.25) is 0 Å². The van der Waals surface area contributed by atoms with E-state index in [1.54, 1.807) is 0 Å². The molecule has 0 radical (unpaired) electrons. The molecule has 0 atom stereocenters. The van der Waals surface area contributed by atoms with Crippen LogP contribution in [0.2, 0.25) is 0 Å². The molecule has 2 rings (SSSR count). The first kappa shape index (κ1) is 11.7. The van der Waals surface area contributed by atoms with E-state index in [-0.39, 0.29) is 11.6 Å². The van der Waals surface area contributed by atoms with Crippen molar-refractivity contribution < 1.29 is 4.79 Å². The maximum atomic E-state index is 11.9. The second-order valence-corrected chi connectivity index (χ2v) is 4.53. The molecule has 1 aromatic heterocycles. The van der Waals surface area contributed by atoms with E-state index in [2.05, 4.69) is 31.4 Å². The number of aromatic nitrogens is 2. The van der Waals surface area contributed by atoms with Crippen LogP contribution in [0.25, 0.3) is 0 Å². The van der Waals surface area contributed by atoms with Crippen LogP contribution in [0.5, 0.6) is 0 Å². The second kappa shape index (κ2) is 4.58. The van der Waals surface area contributed by atoms with E-state index in [9.17, 15) is 4.79 Å². The van der Waals surface area contributed by atoms with Gasteiger partial charge in [-0.25, -0.2) is 0 Å². The number of nitrogens with one attached hydrogen (secondary N) is 2. The Balaban J connectivity index is 2.22. The predicted molar refractivity (Wildman–Crippen MR) is 69.8 cm³/mol. The standard InChI is InChI=1S/C11H11BrN4O/c1-6-4-7(12)2-3-9(6)15-11(17)10-8(13)5-14-16-10/h2-5H,13H2,1H3,(H,14,16)(H,15,17). The molecule has 6 heteroatoms. The monoisotopic (exact) mass is 294 g/mol. The van der Waals surface area contributed by atoms with Crippen LogP contribution in [0.3, 0.4) is 0 Å². The number of rotatable bonds is 2. The highest BCUT2D eigenvalue weighted by Crippen LogP contribution is 2.21. The highest BCUT2D eigenvalue weighted by Gasteiger charge is 2.12. The molecule has 0 saturated heterocycles. The van der Waals surface area contributed by atoms with Crippen LogP contribution < -0.4 is 11.1 Å². The van der Waals surface area contributed by atoms with Gasteiger partial charge in [-0.2, -0.15) is 5.10 Å². The fraction of sp³-hybridized carbons (Fsp3) is 0.0909. The lowest BCUT2D eigenvalue weighted by molar-refractivity contribution is 0.102. The Morgan fingerprint density at radius 1 is 1.53 bits per heavy atom. The Labute approximate surface area is 107 Å². The van der Waals surface area contributed by atoms with Gasteiger partial charge in [-0.1, -0.05) is 15.9 Å². The van der Waals surface area contributed by atoms with Crippen LogP contribution in [0.4, 0.5) is 11.4 Å². The van der Waals surface area contributed by atoms with E-state index in [0.717, 1.165) is 15.7 Å². The average Bonchev–Trinajstić information content (AvgIpc) is 2.68. The van der Waals surface area contributed by atoms with E-state index in [4.69, 9.17) is 5.73 Å². The number of carbonyl (C=O) groups is 1. The number of benzene rings is 1. The minimum atomic E-state index is -0.301. The van der Waals surface area contributed by atoms with Gasteiger partial charge in [-0.05, 0) is 30.7 Å². The molecule has 17 heavy (non-hydrogen) atoms. The van der Waals surface area contributed by atoms with Gasteiger partial charge in [0.05, 0.1) is 11.9 Å². The van der Waals surface area contributed by atoms with Crippen molar-refractivity contribution in [1.29, 1.82) is 0 Å². The number of aryl methyl sites for hydroxylation is 1. The van der Waals surface area contributed by atoms with Crippen LogP contribution in [0.15, 0.2) is 28.9 Å². The van der Waals surface area contributed by atoms with E-state index < -0.39 is 0 Å². The molecular formula is C11H11BrN4O. The molecule has 88 valence electrons. The number of hydrogen-bond acceptors (Lipinski definition) is 3. The summed E-state index contributed by atoms with van der Waals surface area (Å²) in [6.45, 7) is 1.91. The number of aromatic amines is 1. The normalized spacial score (nSPS) is 10.2. The maximum absolute atomic E-state index is 11.9. The molecule has 0 bridgehead atoms. The van der Waals surface area contributed by atoms with Gasteiger partial charge in [-0.3, -0.25) is 9.89 Å². The molecule has 2 aromatic rings. The largest absolute Gasteiger partial charge is 0.396 e. The van der Waals surface area contributed by atoms with Crippen LogP contribution in [0.1, 0.15) is 16.1 Å². The zero-order valence-electron chi connectivity index (χ0n) is 9.12. The van der Waals surface area contributed by atoms with Crippen molar-refractivity contribution in [2.45, 2.75) is 6.92 Å². The summed E-state index contributed by atoms with van der Waals surface area (Å²) in [6.07, 6.45) is 1.41. The van der Waals surface area contributed by atoms with Crippen LogP contribution >= 0.6 is 15.9 Å². The van der Waals surface area contributed by atoms with Crippen LogP contribution in [-0.2, 0) is 0 Å². The van der Waals surface area contributed by atoms with E-state index >= 15 is 0 Å². The summed E-state index contributed by atoms with van der Waals surface area (Å²) < 4.78 is 0.967. The topological polar surface area (TPSA) is 83.8 Å². The molecule has 5 nitrogen and oxygen atoms in total. The van der Waals surface area contributed by atoms with Crippen molar-refractivity contribution in [3.05, 3.63) is 40.1 Å². The van der Waals surface area contributed by atoms with Gasteiger partial charge in [0.1, 0.15) is 5.69 Å². The number of nitrogens with zero attached hydrogens (tertiary/aromatic N) is 1. The Morgan fingerprint density at radius 2 is 2.29 bits per heavy atom. The number of amides is 1. The van der Waals surface area contributed by atoms with Crippen LogP contribution in [-0.4, -0.2) is 16.1 Å². The van der Waals surface area contributed by atoms with Crippen molar-refractivity contribution in [1.82, 2.24) is 10.2 Å². The zero-order chi connectivity index (χ0) is 12.4. The molecule has 0 aliphatic rings. The summed E-state index contributed by atoms with van der Waals surface area (Å²) in [4.78, 5) is 11.9. The Bertz CT molecular complexity index is 564. The van der Waals surface area contributed by atoms with E-state index in [1.165, 1.54) is 6.20 Å². The molecule has 0 spiro atoms. The van der Waals surface area contributed by atoms with Gasteiger partial charge in [0.25, 0.3) is 5.91 Å². The molecule has 0 fully saturated rings. The van der Waals surface area contributed by atoms with Gasteiger partial charge < -0.3 is 11.1 Å². The quantitative estimate of drug-likeness (QED) is 0.795. The van der Waals surface area contributed by atoms with E-state index in [1.807, 2.05) is 25.1 Å². The summed E-state index contributed by atoms with van der Waals surface area (Å²) in [6, 6.07) is 5.61. The van der Waals surface area contributed by atoms with Crippen molar-refractivity contribution in [2.24, 2.45) is 0 Å².